The topological polar surface area (TPSA) is 78.8 Å². The summed E-state index contributed by atoms with van der Waals surface area (Å²) in [4.78, 5) is 21.0. The molecule has 0 fully saturated rings. The number of rotatable bonds is 7. The Morgan fingerprint density at radius 3 is 2.90 bits per heavy atom. The Morgan fingerprint density at radius 1 is 1.43 bits per heavy atom. The molecule has 7 nitrogen and oxygen atoms in total. The third kappa shape index (κ3) is 4.30. The second-order valence-corrected chi connectivity index (χ2v) is 5.34. The summed E-state index contributed by atoms with van der Waals surface area (Å²) in [6, 6.07) is 0. The van der Waals surface area contributed by atoms with Crippen LogP contribution in [0.2, 0.25) is 5.02 Å². The minimum atomic E-state index is -0.273. The van der Waals surface area contributed by atoms with Crippen LogP contribution in [0, 0.1) is 0 Å². The predicted octanol–water partition coefficient (Wildman–Crippen LogP) is 0.836. The molecule has 0 bridgehead atoms. The Morgan fingerprint density at radius 2 is 2.24 bits per heavy atom. The third-order valence-corrected chi connectivity index (χ3v) is 3.37. The van der Waals surface area contributed by atoms with E-state index in [1.165, 1.54) is 4.68 Å². The number of aromatic amines is 1. The van der Waals surface area contributed by atoms with E-state index in [4.69, 9.17) is 11.6 Å². The van der Waals surface area contributed by atoms with E-state index in [2.05, 4.69) is 20.4 Å². The Balaban J connectivity index is 1.97. The number of hydrogen-bond acceptors (Lipinski definition) is 5. The third-order valence-electron chi connectivity index (χ3n) is 3.01. The first-order chi connectivity index (χ1) is 10.1. The molecule has 0 saturated heterocycles. The van der Waals surface area contributed by atoms with E-state index in [0.29, 0.717) is 18.8 Å². The molecule has 21 heavy (non-hydrogen) atoms. The minimum Gasteiger partial charge on any atom is -0.382 e. The molecule has 8 heteroatoms. The molecule has 2 aromatic heterocycles. The number of imidazole rings is 1. The van der Waals surface area contributed by atoms with Gasteiger partial charge in [0.25, 0.3) is 5.56 Å². The van der Waals surface area contributed by atoms with E-state index < -0.39 is 0 Å². The number of anilines is 1. The van der Waals surface area contributed by atoms with Gasteiger partial charge in [0.2, 0.25) is 0 Å². The Bertz CT molecular complexity index is 622. The molecule has 2 rings (SSSR count). The van der Waals surface area contributed by atoms with Gasteiger partial charge in [-0.15, -0.1) is 0 Å². The van der Waals surface area contributed by atoms with E-state index in [1.54, 1.807) is 18.7 Å². The summed E-state index contributed by atoms with van der Waals surface area (Å²) in [5.74, 6) is 0. The number of aromatic nitrogens is 4. The van der Waals surface area contributed by atoms with Crippen LogP contribution in [-0.2, 0) is 13.0 Å². The molecule has 2 N–H and O–H groups in total. The number of hydrogen-bond donors (Lipinski definition) is 2. The fourth-order valence-electron chi connectivity index (χ4n) is 1.80. The average Bonchev–Trinajstić information content (AvgIpc) is 2.95. The lowest BCUT2D eigenvalue weighted by Crippen LogP contribution is -2.29. The Hall–Kier alpha value is -1.86. The number of likely N-dealkylation sites (N-methyl/N-ethyl adjacent to an activating group) is 1. The van der Waals surface area contributed by atoms with Gasteiger partial charge in [-0.1, -0.05) is 11.6 Å². The van der Waals surface area contributed by atoms with Crippen molar-refractivity contribution in [2.75, 3.05) is 32.5 Å². The van der Waals surface area contributed by atoms with Crippen molar-refractivity contribution in [1.82, 2.24) is 24.6 Å². The van der Waals surface area contributed by atoms with Gasteiger partial charge in [-0.3, -0.25) is 4.79 Å². The highest BCUT2D eigenvalue weighted by atomic mass is 35.5. The predicted molar refractivity (Wildman–Crippen MR) is 82.8 cm³/mol. The van der Waals surface area contributed by atoms with Crippen molar-refractivity contribution in [3.63, 3.8) is 0 Å². The van der Waals surface area contributed by atoms with Crippen molar-refractivity contribution in [2.45, 2.75) is 13.0 Å². The van der Waals surface area contributed by atoms with Gasteiger partial charge >= 0.3 is 0 Å². The summed E-state index contributed by atoms with van der Waals surface area (Å²) in [7, 11) is 3.88. The van der Waals surface area contributed by atoms with Crippen LogP contribution in [0.4, 0.5) is 5.69 Å². The molecule has 0 atom stereocenters. The average molecular weight is 311 g/mol. The van der Waals surface area contributed by atoms with Crippen LogP contribution in [-0.4, -0.2) is 51.8 Å². The first-order valence-corrected chi connectivity index (χ1v) is 7.07. The van der Waals surface area contributed by atoms with Gasteiger partial charge in [-0.05, 0) is 14.1 Å². The van der Waals surface area contributed by atoms with Gasteiger partial charge < -0.3 is 15.2 Å². The summed E-state index contributed by atoms with van der Waals surface area (Å²) in [6.07, 6.45) is 5.75. The molecule has 0 saturated carbocycles. The molecule has 0 radical (unpaired) electrons. The van der Waals surface area contributed by atoms with Crippen LogP contribution >= 0.6 is 11.6 Å². The lowest BCUT2D eigenvalue weighted by atomic mass is 10.3. The van der Waals surface area contributed by atoms with Crippen molar-refractivity contribution in [3.05, 3.63) is 39.8 Å². The fourth-order valence-corrected chi connectivity index (χ4v) is 2.01. The fraction of sp³-hybridized carbons (Fsp3) is 0.462. The number of nitrogens with one attached hydrogen (secondary N) is 2. The van der Waals surface area contributed by atoms with Gasteiger partial charge in [0.05, 0.1) is 24.8 Å². The van der Waals surface area contributed by atoms with Crippen LogP contribution < -0.4 is 10.9 Å². The number of halogens is 1. The number of nitrogens with zero attached hydrogens (tertiary/aromatic N) is 4. The summed E-state index contributed by atoms with van der Waals surface area (Å²) < 4.78 is 1.38. The molecular weight excluding hydrogens is 292 g/mol. The highest BCUT2D eigenvalue weighted by Gasteiger charge is 2.09. The van der Waals surface area contributed by atoms with Crippen LogP contribution in [0.3, 0.4) is 0 Å². The van der Waals surface area contributed by atoms with Gasteiger partial charge in [-0.25, -0.2) is 9.67 Å². The normalized spacial score (nSPS) is 11.0. The molecule has 0 spiro atoms. The molecular formula is C13H19ClN6O. The van der Waals surface area contributed by atoms with Crippen LogP contribution in [0.15, 0.2) is 23.5 Å². The van der Waals surface area contributed by atoms with E-state index in [1.807, 2.05) is 19.0 Å². The SMILES string of the molecule is CN(C)CCn1ncc(NCCc2cnc[nH]2)c(Cl)c1=O. The number of H-pyrrole nitrogens is 1. The van der Waals surface area contributed by atoms with Crippen LogP contribution in [0.25, 0.3) is 0 Å². The monoisotopic (exact) mass is 310 g/mol. The lowest BCUT2D eigenvalue weighted by molar-refractivity contribution is 0.367. The molecule has 0 aromatic carbocycles. The first-order valence-electron chi connectivity index (χ1n) is 6.69. The van der Waals surface area contributed by atoms with Gasteiger partial charge in [0, 0.05) is 31.4 Å². The summed E-state index contributed by atoms with van der Waals surface area (Å²) >= 11 is 6.10. The van der Waals surface area contributed by atoms with E-state index in [9.17, 15) is 4.79 Å². The molecule has 0 unspecified atom stereocenters. The lowest BCUT2D eigenvalue weighted by Gasteiger charge is -2.12. The quantitative estimate of drug-likeness (QED) is 0.792. The second kappa shape index (κ2) is 7.24. The summed E-state index contributed by atoms with van der Waals surface area (Å²) in [5, 5.41) is 7.43. The smallest absolute Gasteiger partial charge is 0.287 e. The molecule has 2 aromatic rings. The summed E-state index contributed by atoms with van der Waals surface area (Å²) in [6.45, 7) is 1.89. The van der Waals surface area contributed by atoms with Gasteiger partial charge in [0.1, 0.15) is 5.02 Å². The zero-order chi connectivity index (χ0) is 15.2. The molecule has 0 amide bonds. The maximum atomic E-state index is 12.1. The second-order valence-electron chi connectivity index (χ2n) is 4.96. The van der Waals surface area contributed by atoms with Crippen molar-refractivity contribution in [1.29, 1.82) is 0 Å². The van der Waals surface area contributed by atoms with Crippen molar-refractivity contribution in [3.8, 4) is 0 Å². The van der Waals surface area contributed by atoms with E-state index in [0.717, 1.165) is 18.7 Å². The largest absolute Gasteiger partial charge is 0.382 e. The first kappa shape index (κ1) is 15.5. The Labute approximate surface area is 127 Å². The van der Waals surface area contributed by atoms with Crippen LogP contribution in [0.1, 0.15) is 5.69 Å². The molecule has 2 heterocycles. The highest BCUT2D eigenvalue weighted by molar-refractivity contribution is 6.32. The molecule has 114 valence electrons. The highest BCUT2D eigenvalue weighted by Crippen LogP contribution is 2.15. The van der Waals surface area contributed by atoms with Crippen molar-refractivity contribution in [2.24, 2.45) is 0 Å². The molecule has 0 aliphatic heterocycles. The van der Waals surface area contributed by atoms with Crippen LogP contribution in [0.5, 0.6) is 0 Å². The maximum Gasteiger partial charge on any atom is 0.287 e. The van der Waals surface area contributed by atoms with Crippen molar-refractivity contribution >= 4 is 17.3 Å². The van der Waals surface area contributed by atoms with Gasteiger partial charge in [0.15, 0.2) is 0 Å². The van der Waals surface area contributed by atoms with Crippen molar-refractivity contribution < 1.29 is 0 Å². The zero-order valence-corrected chi connectivity index (χ0v) is 12.9. The zero-order valence-electron chi connectivity index (χ0n) is 12.1. The van der Waals surface area contributed by atoms with Gasteiger partial charge in [-0.2, -0.15) is 5.10 Å². The molecule has 0 aliphatic rings. The maximum absolute atomic E-state index is 12.1. The molecule has 0 aliphatic carbocycles. The summed E-state index contributed by atoms with van der Waals surface area (Å²) in [5.41, 5.74) is 1.30. The standard InChI is InChI=1S/C13H19ClN6O/c1-19(2)5-6-20-13(21)12(14)11(8-18-20)16-4-3-10-7-15-9-17-10/h7-9,16H,3-6H2,1-2H3,(H,15,17). The van der Waals surface area contributed by atoms with E-state index in [-0.39, 0.29) is 10.6 Å². The van der Waals surface area contributed by atoms with E-state index >= 15 is 0 Å². The Kier molecular flexibility index (Phi) is 5.35. The minimum absolute atomic E-state index is 0.174.